The molecule has 0 heterocycles. The van der Waals surface area contributed by atoms with Gasteiger partial charge in [0, 0.05) is 11.6 Å². The summed E-state index contributed by atoms with van der Waals surface area (Å²) >= 11 is 5.94. The molecule has 0 aliphatic heterocycles. The van der Waals surface area contributed by atoms with Crippen LogP contribution in [0.15, 0.2) is 24.3 Å². The molecule has 0 fully saturated rings. The lowest BCUT2D eigenvalue weighted by Crippen LogP contribution is -2.51. The normalized spacial score (nSPS) is 13.6. The van der Waals surface area contributed by atoms with Gasteiger partial charge in [-0.25, -0.2) is 4.79 Å². The third-order valence-electron chi connectivity index (χ3n) is 3.25. The van der Waals surface area contributed by atoms with Gasteiger partial charge in [0.25, 0.3) is 0 Å². The molecule has 0 radical (unpaired) electrons. The van der Waals surface area contributed by atoms with Gasteiger partial charge in [-0.3, -0.25) is 4.79 Å². The van der Waals surface area contributed by atoms with Crippen molar-refractivity contribution in [2.24, 2.45) is 0 Å². The predicted molar refractivity (Wildman–Crippen MR) is 74.1 cm³/mol. The summed E-state index contributed by atoms with van der Waals surface area (Å²) < 4.78 is 0. The van der Waals surface area contributed by atoms with E-state index in [-0.39, 0.29) is 6.42 Å². The maximum Gasteiger partial charge on any atom is 0.334 e. The van der Waals surface area contributed by atoms with Crippen molar-refractivity contribution in [1.29, 1.82) is 0 Å². The molecule has 0 bridgehead atoms. The standard InChI is InChI=1S/C14H18ClNO3/c1-3-8-16(10-17)14(4-2,13(18)19)11-6-5-7-12(15)9-11/h5-7,9-10H,3-4,8H2,1-2H3,(H,18,19). The molecule has 1 rings (SSSR count). The van der Waals surface area contributed by atoms with Crippen molar-refractivity contribution < 1.29 is 14.7 Å². The second-order valence-electron chi connectivity index (χ2n) is 4.33. The van der Waals surface area contributed by atoms with Gasteiger partial charge in [0.2, 0.25) is 6.41 Å². The molecule has 19 heavy (non-hydrogen) atoms. The Hall–Kier alpha value is -1.55. The fourth-order valence-electron chi connectivity index (χ4n) is 2.29. The molecule has 1 unspecified atom stereocenters. The number of carboxylic acid groups (broad SMARTS) is 1. The highest BCUT2D eigenvalue weighted by atomic mass is 35.5. The summed E-state index contributed by atoms with van der Waals surface area (Å²) in [6.07, 6.45) is 1.57. The molecule has 0 aromatic heterocycles. The van der Waals surface area contributed by atoms with Gasteiger partial charge in [0.1, 0.15) is 0 Å². The summed E-state index contributed by atoms with van der Waals surface area (Å²) in [6, 6.07) is 6.67. The van der Waals surface area contributed by atoms with Gasteiger partial charge in [-0.1, -0.05) is 37.6 Å². The summed E-state index contributed by atoms with van der Waals surface area (Å²) in [5.74, 6) is -1.04. The lowest BCUT2D eigenvalue weighted by atomic mass is 9.85. The van der Waals surface area contributed by atoms with Gasteiger partial charge in [0.05, 0.1) is 0 Å². The van der Waals surface area contributed by atoms with Crippen LogP contribution in [0.4, 0.5) is 0 Å². The van der Waals surface area contributed by atoms with E-state index in [0.717, 1.165) is 0 Å². The van der Waals surface area contributed by atoms with Crippen LogP contribution in [-0.2, 0) is 15.1 Å². The molecule has 1 amide bonds. The molecular weight excluding hydrogens is 266 g/mol. The van der Waals surface area contributed by atoms with E-state index in [4.69, 9.17) is 11.6 Å². The summed E-state index contributed by atoms with van der Waals surface area (Å²) in [4.78, 5) is 24.4. The van der Waals surface area contributed by atoms with Crippen LogP contribution in [0, 0.1) is 0 Å². The number of carbonyl (C=O) groups excluding carboxylic acids is 1. The minimum absolute atomic E-state index is 0.279. The van der Waals surface area contributed by atoms with E-state index in [0.29, 0.717) is 30.0 Å². The molecule has 0 aliphatic rings. The van der Waals surface area contributed by atoms with Crippen LogP contribution >= 0.6 is 11.6 Å². The molecule has 0 saturated heterocycles. The molecule has 104 valence electrons. The van der Waals surface area contributed by atoms with Crippen LogP contribution in [0.3, 0.4) is 0 Å². The van der Waals surface area contributed by atoms with Crippen LogP contribution in [-0.4, -0.2) is 28.9 Å². The molecule has 0 spiro atoms. The van der Waals surface area contributed by atoms with Gasteiger partial charge in [-0.2, -0.15) is 0 Å². The number of carbonyl (C=O) groups is 2. The predicted octanol–water partition coefficient (Wildman–Crippen LogP) is 2.90. The maximum atomic E-state index is 11.8. The van der Waals surface area contributed by atoms with E-state index in [1.165, 1.54) is 4.90 Å². The minimum atomic E-state index is -1.36. The van der Waals surface area contributed by atoms with Crippen LogP contribution < -0.4 is 0 Å². The van der Waals surface area contributed by atoms with Crippen molar-refractivity contribution >= 4 is 24.0 Å². The smallest absolute Gasteiger partial charge is 0.334 e. The molecule has 1 aromatic carbocycles. The summed E-state index contributed by atoms with van der Waals surface area (Å²) in [7, 11) is 0. The fraction of sp³-hybridized carbons (Fsp3) is 0.429. The van der Waals surface area contributed by atoms with E-state index >= 15 is 0 Å². The Morgan fingerprint density at radius 2 is 2.16 bits per heavy atom. The highest BCUT2D eigenvalue weighted by Crippen LogP contribution is 2.33. The number of hydrogen-bond donors (Lipinski definition) is 1. The lowest BCUT2D eigenvalue weighted by Gasteiger charge is -2.38. The molecular formula is C14H18ClNO3. The first-order chi connectivity index (χ1) is 9.02. The van der Waals surface area contributed by atoms with Gasteiger partial charge in [-0.05, 0) is 30.5 Å². The van der Waals surface area contributed by atoms with Crippen molar-refractivity contribution in [1.82, 2.24) is 4.90 Å². The Kier molecular flexibility index (Phi) is 5.36. The van der Waals surface area contributed by atoms with Crippen LogP contribution in [0.25, 0.3) is 0 Å². The van der Waals surface area contributed by atoms with Crippen molar-refractivity contribution in [2.45, 2.75) is 32.2 Å². The molecule has 4 nitrogen and oxygen atoms in total. The third-order valence-corrected chi connectivity index (χ3v) is 3.48. The zero-order chi connectivity index (χ0) is 14.5. The lowest BCUT2D eigenvalue weighted by molar-refractivity contribution is -0.156. The Morgan fingerprint density at radius 3 is 2.58 bits per heavy atom. The number of benzene rings is 1. The summed E-state index contributed by atoms with van der Waals surface area (Å²) in [5.41, 5.74) is -0.835. The topological polar surface area (TPSA) is 57.6 Å². The Bertz CT molecular complexity index is 464. The number of rotatable bonds is 7. The number of halogens is 1. The molecule has 1 atom stereocenters. The quantitative estimate of drug-likeness (QED) is 0.783. The van der Waals surface area contributed by atoms with E-state index in [1.54, 1.807) is 31.2 Å². The average Bonchev–Trinajstić information content (AvgIpc) is 2.38. The van der Waals surface area contributed by atoms with E-state index in [9.17, 15) is 14.7 Å². The first-order valence-electron chi connectivity index (χ1n) is 6.24. The number of hydrogen-bond acceptors (Lipinski definition) is 2. The second kappa shape index (κ2) is 6.57. The van der Waals surface area contributed by atoms with Gasteiger partial charge >= 0.3 is 5.97 Å². The summed E-state index contributed by atoms with van der Waals surface area (Å²) in [5, 5.41) is 10.1. The SMILES string of the molecule is CCCN(C=O)C(CC)(C(=O)O)c1cccc(Cl)c1. The zero-order valence-electron chi connectivity index (χ0n) is 11.1. The van der Waals surface area contributed by atoms with Gasteiger partial charge in [0.15, 0.2) is 5.54 Å². The van der Waals surface area contributed by atoms with E-state index in [2.05, 4.69) is 0 Å². The Balaban J connectivity index is 3.41. The number of nitrogens with zero attached hydrogens (tertiary/aromatic N) is 1. The largest absolute Gasteiger partial charge is 0.479 e. The van der Waals surface area contributed by atoms with Crippen molar-refractivity contribution in [3.05, 3.63) is 34.9 Å². The average molecular weight is 284 g/mol. The first-order valence-corrected chi connectivity index (χ1v) is 6.62. The van der Waals surface area contributed by atoms with E-state index < -0.39 is 11.5 Å². The molecule has 1 aromatic rings. The number of carboxylic acids is 1. The monoisotopic (exact) mass is 283 g/mol. The Morgan fingerprint density at radius 1 is 1.47 bits per heavy atom. The number of aliphatic carboxylic acids is 1. The molecule has 0 aliphatic carbocycles. The van der Waals surface area contributed by atoms with E-state index in [1.807, 2.05) is 6.92 Å². The third kappa shape index (κ3) is 2.89. The van der Waals surface area contributed by atoms with Gasteiger partial charge < -0.3 is 10.0 Å². The first kappa shape index (κ1) is 15.5. The van der Waals surface area contributed by atoms with Crippen LogP contribution in [0.2, 0.25) is 5.02 Å². The molecule has 5 heteroatoms. The zero-order valence-corrected chi connectivity index (χ0v) is 11.9. The highest BCUT2D eigenvalue weighted by Gasteiger charge is 2.43. The second-order valence-corrected chi connectivity index (χ2v) is 4.76. The summed E-state index contributed by atoms with van der Waals surface area (Å²) in [6.45, 7) is 4.04. The maximum absolute atomic E-state index is 11.8. The highest BCUT2D eigenvalue weighted by molar-refractivity contribution is 6.30. The molecule has 1 N–H and O–H groups in total. The fourth-order valence-corrected chi connectivity index (χ4v) is 2.48. The van der Waals surface area contributed by atoms with Crippen LogP contribution in [0.5, 0.6) is 0 Å². The van der Waals surface area contributed by atoms with Crippen molar-refractivity contribution in [2.75, 3.05) is 6.54 Å². The van der Waals surface area contributed by atoms with Crippen molar-refractivity contribution in [3.8, 4) is 0 Å². The van der Waals surface area contributed by atoms with Crippen molar-refractivity contribution in [3.63, 3.8) is 0 Å². The van der Waals surface area contributed by atoms with Gasteiger partial charge in [-0.15, -0.1) is 0 Å². The van der Waals surface area contributed by atoms with Crippen LogP contribution in [0.1, 0.15) is 32.3 Å². The Labute approximate surface area is 118 Å². The molecule has 0 saturated carbocycles. The number of amides is 1. The minimum Gasteiger partial charge on any atom is -0.479 e.